The summed E-state index contributed by atoms with van der Waals surface area (Å²) in [7, 11) is 0. The summed E-state index contributed by atoms with van der Waals surface area (Å²) in [6.45, 7) is 3.26. The van der Waals surface area contributed by atoms with Crippen LogP contribution in [0, 0.1) is 5.92 Å². The van der Waals surface area contributed by atoms with Gasteiger partial charge in [-0.05, 0) is 35.6 Å². The lowest BCUT2D eigenvalue weighted by Gasteiger charge is -2.26. The van der Waals surface area contributed by atoms with Gasteiger partial charge in [-0.15, -0.1) is 0 Å². The molecule has 0 saturated carbocycles. The lowest BCUT2D eigenvalue weighted by Crippen LogP contribution is -2.58. The third kappa shape index (κ3) is 10.4. The van der Waals surface area contributed by atoms with Gasteiger partial charge in [0.1, 0.15) is 23.9 Å². The lowest BCUT2D eigenvalue weighted by molar-refractivity contribution is -0.143. The first-order valence-electron chi connectivity index (χ1n) is 12.8. The summed E-state index contributed by atoms with van der Waals surface area (Å²) in [6.07, 6.45) is -0.466. The van der Waals surface area contributed by atoms with E-state index in [4.69, 9.17) is 10.8 Å². The second kappa shape index (κ2) is 15.2. The van der Waals surface area contributed by atoms with Crippen LogP contribution in [0.4, 0.5) is 0 Å². The first kappa shape index (κ1) is 31.8. The van der Waals surface area contributed by atoms with Gasteiger partial charge in [0, 0.05) is 19.3 Å². The van der Waals surface area contributed by atoms with Crippen LogP contribution in [-0.2, 0) is 36.8 Å². The third-order valence-electron chi connectivity index (χ3n) is 6.16. The van der Waals surface area contributed by atoms with Gasteiger partial charge in [-0.3, -0.25) is 19.2 Å². The maximum absolute atomic E-state index is 13.5. The zero-order chi connectivity index (χ0) is 29.8. The van der Waals surface area contributed by atoms with E-state index in [2.05, 4.69) is 16.0 Å². The van der Waals surface area contributed by atoms with Gasteiger partial charge in [-0.25, -0.2) is 4.79 Å². The van der Waals surface area contributed by atoms with Crippen LogP contribution >= 0.6 is 0 Å². The molecule has 0 aliphatic heterocycles. The van der Waals surface area contributed by atoms with Crippen molar-refractivity contribution < 1.29 is 39.3 Å². The monoisotopic (exact) mass is 556 g/mol. The summed E-state index contributed by atoms with van der Waals surface area (Å²) in [4.78, 5) is 62.0. The number of nitrogens with two attached hydrogens (primary N) is 1. The average molecular weight is 557 g/mol. The number of hydrogen-bond donors (Lipinski definition) is 7. The van der Waals surface area contributed by atoms with Crippen LogP contribution in [0.5, 0.6) is 5.75 Å². The second-order valence-electron chi connectivity index (χ2n) is 9.79. The van der Waals surface area contributed by atoms with Crippen LogP contribution in [0.25, 0.3) is 0 Å². The molecule has 0 fully saturated rings. The summed E-state index contributed by atoms with van der Waals surface area (Å²) in [6, 6.07) is 9.93. The Morgan fingerprint density at radius 1 is 0.750 bits per heavy atom. The van der Waals surface area contributed by atoms with Crippen molar-refractivity contribution in [3.8, 4) is 5.75 Å². The molecule has 3 amide bonds. The molecule has 2 aromatic carbocycles. The molecule has 4 unspecified atom stereocenters. The molecular weight excluding hydrogens is 520 g/mol. The molecule has 216 valence electrons. The molecule has 0 spiro atoms. The molecule has 0 aliphatic rings. The number of aromatic hydroxyl groups is 1. The Morgan fingerprint density at radius 2 is 1.25 bits per heavy atom. The molecule has 40 heavy (non-hydrogen) atoms. The van der Waals surface area contributed by atoms with Crippen molar-refractivity contribution in [1.29, 1.82) is 0 Å². The predicted octanol–water partition coefficient (Wildman–Crippen LogP) is 0.565. The number of phenols is 1. The Morgan fingerprint density at radius 3 is 1.75 bits per heavy atom. The number of benzene rings is 2. The molecular formula is C28H36N4O8. The predicted molar refractivity (Wildman–Crippen MR) is 145 cm³/mol. The topological polar surface area (TPSA) is 208 Å². The van der Waals surface area contributed by atoms with Crippen LogP contribution in [0.15, 0.2) is 54.6 Å². The van der Waals surface area contributed by atoms with E-state index >= 15 is 0 Å². The SMILES string of the molecule is CC(C)C(NC(=O)C(Cc1ccc(O)cc1)NC(=O)C(Cc1ccccc1)NC(=O)C(N)CCC(=O)O)C(=O)O. The van der Waals surface area contributed by atoms with Crippen molar-refractivity contribution in [2.24, 2.45) is 11.7 Å². The van der Waals surface area contributed by atoms with Crippen LogP contribution in [0.2, 0.25) is 0 Å². The number of carboxylic acid groups (broad SMARTS) is 2. The normalized spacial score (nSPS) is 13.9. The first-order chi connectivity index (χ1) is 18.9. The van der Waals surface area contributed by atoms with Crippen molar-refractivity contribution in [2.75, 3.05) is 0 Å². The summed E-state index contributed by atoms with van der Waals surface area (Å²) >= 11 is 0. The lowest BCUT2D eigenvalue weighted by atomic mass is 10.00. The van der Waals surface area contributed by atoms with Crippen LogP contribution in [0.1, 0.15) is 37.8 Å². The second-order valence-corrected chi connectivity index (χ2v) is 9.79. The number of amides is 3. The largest absolute Gasteiger partial charge is 0.508 e. The third-order valence-corrected chi connectivity index (χ3v) is 6.16. The Hall–Kier alpha value is -4.45. The summed E-state index contributed by atoms with van der Waals surface area (Å²) in [5.74, 6) is -4.99. The number of nitrogens with one attached hydrogen (secondary N) is 3. The highest BCUT2D eigenvalue weighted by molar-refractivity contribution is 5.94. The van der Waals surface area contributed by atoms with Gasteiger partial charge in [-0.1, -0.05) is 56.3 Å². The number of carboxylic acids is 2. The van der Waals surface area contributed by atoms with Gasteiger partial charge in [0.05, 0.1) is 6.04 Å². The zero-order valence-electron chi connectivity index (χ0n) is 22.4. The van der Waals surface area contributed by atoms with E-state index in [1.807, 2.05) is 0 Å². The van der Waals surface area contributed by atoms with Crippen LogP contribution in [-0.4, -0.2) is 69.1 Å². The van der Waals surface area contributed by atoms with Crippen molar-refractivity contribution in [3.63, 3.8) is 0 Å². The van der Waals surface area contributed by atoms with Gasteiger partial charge < -0.3 is 37.0 Å². The van der Waals surface area contributed by atoms with E-state index in [0.29, 0.717) is 11.1 Å². The maximum Gasteiger partial charge on any atom is 0.326 e. The molecule has 0 aliphatic carbocycles. The minimum absolute atomic E-state index is 0.00408. The van der Waals surface area contributed by atoms with Gasteiger partial charge in [0.15, 0.2) is 0 Å². The molecule has 2 rings (SSSR count). The van der Waals surface area contributed by atoms with E-state index in [-0.39, 0.29) is 31.4 Å². The zero-order valence-corrected chi connectivity index (χ0v) is 22.4. The molecule has 4 atom stereocenters. The Balaban J connectivity index is 2.31. The quantitative estimate of drug-likeness (QED) is 0.163. The number of hydrogen-bond acceptors (Lipinski definition) is 7. The van der Waals surface area contributed by atoms with E-state index < -0.39 is 59.7 Å². The van der Waals surface area contributed by atoms with Crippen molar-refractivity contribution in [3.05, 3.63) is 65.7 Å². The highest BCUT2D eigenvalue weighted by Gasteiger charge is 2.31. The standard InChI is InChI=1S/C28H36N4O8/c1-16(2)24(28(39)40)32-27(38)22(15-18-8-10-19(33)11-9-18)31-26(37)21(14-17-6-4-3-5-7-17)30-25(36)20(29)12-13-23(34)35/h3-11,16,20-22,24,33H,12-15,29H2,1-2H3,(H,30,36)(H,31,37)(H,32,38)(H,34,35)(H,39,40). The number of carbonyl (C=O) groups excluding carboxylic acids is 3. The highest BCUT2D eigenvalue weighted by Crippen LogP contribution is 2.13. The molecule has 12 heteroatoms. The minimum Gasteiger partial charge on any atom is -0.508 e. The molecule has 8 N–H and O–H groups in total. The fourth-order valence-electron chi connectivity index (χ4n) is 3.86. The molecule has 0 aromatic heterocycles. The fraction of sp³-hybridized carbons (Fsp3) is 0.393. The first-order valence-corrected chi connectivity index (χ1v) is 12.8. The summed E-state index contributed by atoms with van der Waals surface area (Å²) in [5.41, 5.74) is 7.11. The Kier molecular flexibility index (Phi) is 12.1. The number of phenolic OH excluding ortho intramolecular Hbond substituents is 1. The van der Waals surface area contributed by atoms with E-state index in [9.17, 15) is 34.2 Å². The van der Waals surface area contributed by atoms with Crippen molar-refractivity contribution in [1.82, 2.24) is 16.0 Å². The summed E-state index contributed by atoms with van der Waals surface area (Å²) < 4.78 is 0. The molecule has 0 radical (unpaired) electrons. The molecule has 0 heterocycles. The van der Waals surface area contributed by atoms with E-state index in [1.165, 1.54) is 12.1 Å². The molecule has 12 nitrogen and oxygen atoms in total. The number of rotatable bonds is 15. The van der Waals surface area contributed by atoms with Crippen LogP contribution < -0.4 is 21.7 Å². The minimum atomic E-state index is -1.23. The smallest absolute Gasteiger partial charge is 0.326 e. The maximum atomic E-state index is 13.5. The van der Waals surface area contributed by atoms with Gasteiger partial charge in [0.2, 0.25) is 17.7 Å². The Bertz CT molecular complexity index is 1170. The van der Waals surface area contributed by atoms with Crippen molar-refractivity contribution >= 4 is 29.7 Å². The highest BCUT2D eigenvalue weighted by atomic mass is 16.4. The summed E-state index contributed by atoms with van der Waals surface area (Å²) in [5, 5.41) is 35.7. The van der Waals surface area contributed by atoms with Crippen molar-refractivity contribution in [2.45, 2.75) is 63.7 Å². The number of carbonyl (C=O) groups is 5. The fourth-order valence-corrected chi connectivity index (χ4v) is 3.86. The van der Waals surface area contributed by atoms with E-state index in [1.54, 1.807) is 56.3 Å². The molecule has 2 aromatic rings. The van der Waals surface area contributed by atoms with Gasteiger partial charge in [-0.2, -0.15) is 0 Å². The molecule has 0 bridgehead atoms. The molecule has 0 saturated heterocycles. The van der Waals surface area contributed by atoms with E-state index in [0.717, 1.165) is 0 Å². The Labute approximate surface area is 232 Å². The average Bonchev–Trinajstić information content (AvgIpc) is 2.90. The van der Waals surface area contributed by atoms with Crippen LogP contribution in [0.3, 0.4) is 0 Å². The number of aliphatic carboxylic acids is 2. The van der Waals surface area contributed by atoms with Gasteiger partial charge >= 0.3 is 11.9 Å². The van der Waals surface area contributed by atoms with Gasteiger partial charge in [0.25, 0.3) is 0 Å².